The molecule has 0 aliphatic heterocycles. The van der Waals surface area contributed by atoms with Gasteiger partial charge in [0.1, 0.15) is 11.5 Å². The zero-order valence-electron chi connectivity index (χ0n) is 18.6. The number of phenols is 2. The van der Waals surface area contributed by atoms with Crippen molar-refractivity contribution in [2.45, 2.75) is 11.7 Å². The van der Waals surface area contributed by atoms with Crippen molar-refractivity contribution in [3.8, 4) is 17.2 Å². The first-order chi connectivity index (χ1) is 17.4. The quantitative estimate of drug-likeness (QED) is 0.135. The second-order valence-electron chi connectivity index (χ2n) is 7.37. The maximum Gasteiger partial charge on any atom is 0.250 e. The van der Waals surface area contributed by atoms with Gasteiger partial charge in [0.15, 0.2) is 11.0 Å². The molecule has 0 spiro atoms. The number of rotatable bonds is 9. The summed E-state index contributed by atoms with van der Waals surface area (Å²) in [6.07, 6.45) is 1.28. The highest BCUT2D eigenvalue weighted by atomic mass is 35.5. The molecular weight excluding hydrogens is 523 g/mol. The Kier molecular flexibility index (Phi) is 8.32. The van der Waals surface area contributed by atoms with Gasteiger partial charge in [-0.15, -0.1) is 10.2 Å². The third kappa shape index (κ3) is 6.48. The van der Waals surface area contributed by atoms with Gasteiger partial charge in [-0.1, -0.05) is 53.2 Å². The number of phenolic OH excluding ortho intramolecular Hbond substituents is 2. The fraction of sp³-hybridized carbons (Fsp3) is 0.0833. The van der Waals surface area contributed by atoms with Crippen LogP contribution in [0.5, 0.6) is 11.5 Å². The molecule has 184 valence electrons. The Morgan fingerprint density at radius 1 is 1.06 bits per heavy atom. The highest BCUT2D eigenvalue weighted by Gasteiger charge is 2.18. The Hall–Kier alpha value is -3.73. The van der Waals surface area contributed by atoms with Crippen molar-refractivity contribution in [3.63, 3.8) is 0 Å². The molecule has 3 aromatic carbocycles. The molecule has 1 amide bonds. The van der Waals surface area contributed by atoms with Gasteiger partial charge >= 0.3 is 0 Å². The molecule has 12 heteroatoms. The van der Waals surface area contributed by atoms with Gasteiger partial charge in [0.05, 0.1) is 29.2 Å². The Labute approximate surface area is 220 Å². The maximum absolute atomic E-state index is 12.4. The number of hydrogen-bond acceptors (Lipinski definition) is 8. The van der Waals surface area contributed by atoms with E-state index < -0.39 is 5.91 Å². The minimum absolute atomic E-state index is 0.00560. The smallest absolute Gasteiger partial charge is 0.250 e. The van der Waals surface area contributed by atoms with Gasteiger partial charge in [0.25, 0.3) is 5.91 Å². The summed E-state index contributed by atoms with van der Waals surface area (Å²) in [5, 5.41) is 36.2. The third-order valence-corrected chi connectivity index (χ3v) is 6.28. The van der Waals surface area contributed by atoms with E-state index in [2.05, 4.69) is 26.0 Å². The number of carbonyl (C=O) groups is 1. The first-order valence-corrected chi connectivity index (χ1v) is 12.3. The van der Waals surface area contributed by atoms with Gasteiger partial charge < -0.3 is 15.5 Å². The monoisotopic (exact) mass is 542 g/mol. The van der Waals surface area contributed by atoms with Crippen molar-refractivity contribution in [3.05, 3.63) is 88.2 Å². The van der Waals surface area contributed by atoms with Crippen LogP contribution in [0.1, 0.15) is 11.4 Å². The number of benzene rings is 3. The molecule has 0 atom stereocenters. The van der Waals surface area contributed by atoms with Gasteiger partial charge in [-0.3, -0.25) is 9.36 Å². The predicted molar refractivity (Wildman–Crippen MR) is 141 cm³/mol. The lowest BCUT2D eigenvalue weighted by atomic mass is 10.2. The molecule has 0 fully saturated rings. The molecule has 4 N–H and O–H groups in total. The standard InChI is InChI=1S/C24H20Cl2N6O3S/c25-16-7-9-20(19(26)10-16)32-22(13-27-17-4-2-1-3-5-17)29-31-24(32)36-14-23(35)30-28-12-15-6-8-18(33)11-21(15)34/h1-12,27,33-34H,13-14H2,(H,30,35). The first-order valence-electron chi connectivity index (χ1n) is 10.6. The molecule has 0 bridgehead atoms. The number of para-hydroxylation sites is 1. The topological polar surface area (TPSA) is 125 Å². The van der Waals surface area contributed by atoms with E-state index in [1.807, 2.05) is 30.3 Å². The van der Waals surface area contributed by atoms with E-state index in [1.165, 1.54) is 24.4 Å². The average molecular weight is 543 g/mol. The second-order valence-corrected chi connectivity index (χ2v) is 9.16. The molecule has 0 aliphatic rings. The molecule has 4 rings (SSSR count). The summed E-state index contributed by atoms with van der Waals surface area (Å²) in [5.74, 6) is -0.0451. The van der Waals surface area contributed by atoms with Crippen LogP contribution < -0.4 is 10.7 Å². The SMILES string of the molecule is O=C(CSc1nnc(CNc2ccccc2)n1-c1ccc(Cl)cc1Cl)NN=Cc1ccc(O)cc1O. The summed E-state index contributed by atoms with van der Waals surface area (Å²) in [5.41, 5.74) is 4.28. The van der Waals surface area contributed by atoms with Crippen LogP contribution in [0.4, 0.5) is 5.69 Å². The normalized spacial score (nSPS) is 11.1. The molecule has 0 unspecified atom stereocenters. The fourth-order valence-electron chi connectivity index (χ4n) is 3.13. The van der Waals surface area contributed by atoms with Crippen LogP contribution >= 0.6 is 35.0 Å². The van der Waals surface area contributed by atoms with Crippen LogP contribution in [0.25, 0.3) is 5.69 Å². The van der Waals surface area contributed by atoms with E-state index in [4.69, 9.17) is 23.2 Å². The first kappa shape index (κ1) is 25.4. The number of nitrogens with zero attached hydrogens (tertiary/aromatic N) is 4. The number of carbonyl (C=O) groups excluding carboxylic acids is 1. The number of hydrogen-bond donors (Lipinski definition) is 4. The van der Waals surface area contributed by atoms with E-state index >= 15 is 0 Å². The lowest BCUT2D eigenvalue weighted by Crippen LogP contribution is -2.20. The van der Waals surface area contributed by atoms with E-state index in [9.17, 15) is 15.0 Å². The van der Waals surface area contributed by atoms with Crippen LogP contribution in [-0.4, -0.2) is 42.9 Å². The highest BCUT2D eigenvalue weighted by molar-refractivity contribution is 7.99. The number of anilines is 1. The Bertz CT molecular complexity index is 1400. The molecule has 36 heavy (non-hydrogen) atoms. The molecular formula is C24H20Cl2N6O3S. The number of aromatic hydroxyl groups is 2. The molecule has 1 aromatic heterocycles. The van der Waals surface area contributed by atoms with Crippen LogP contribution in [0.2, 0.25) is 10.0 Å². The van der Waals surface area contributed by atoms with Crippen molar-refractivity contribution in [1.82, 2.24) is 20.2 Å². The number of amides is 1. The second kappa shape index (κ2) is 11.8. The third-order valence-electron chi connectivity index (χ3n) is 4.81. The molecule has 4 aromatic rings. The minimum Gasteiger partial charge on any atom is -0.508 e. The average Bonchev–Trinajstić information content (AvgIpc) is 3.26. The number of nitrogens with one attached hydrogen (secondary N) is 2. The summed E-state index contributed by atoms with van der Waals surface area (Å²) in [4.78, 5) is 12.4. The lowest BCUT2D eigenvalue weighted by Gasteiger charge is -2.13. The molecule has 0 saturated heterocycles. The summed E-state index contributed by atoms with van der Waals surface area (Å²) < 4.78 is 1.77. The Morgan fingerprint density at radius 2 is 1.86 bits per heavy atom. The summed E-state index contributed by atoms with van der Waals surface area (Å²) in [6, 6.07) is 18.8. The van der Waals surface area contributed by atoms with Gasteiger partial charge in [0, 0.05) is 22.3 Å². The Morgan fingerprint density at radius 3 is 2.61 bits per heavy atom. The van der Waals surface area contributed by atoms with E-state index in [0.29, 0.717) is 38.8 Å². The van der Waals surface area contributed by atoms with Gasteiger partial charge in [-0.25, -0.2) is 5.43 Å². The lowest BCUT2D eigenvalue weighted by molar-refractivity contribution is -0.118. The summed E-state index contributed by atoms with van der Waals surface area (Å²) >= 11 is 13.7. The molecule has 0 aliphatic carbocycles. The zero-order valence-corrected chi connectivity index (χ0v) is 20.9. The summed E-state index contributed by atoms with van der Waals surface area (Å²) in [7, 11) is 0. The molecule has 0 radical (unpaired) electrons. The largest absolute Gasteiger partial charge is 0.508 e. The van der Waals surface area contributed by atoms with E-state index in [1.54, 1.807) is 22.8 Å². The van der Waals surface area contributed by atoms with Crippen molar-refractivity contribution in [2.24, 2.45) is 5.10 Å². The number of aromatic nitrogens is 3. The van der Waals surface area contributed by atoms with E-state index in [-0.39, 0.29) is 17.3 Å². The van der Waals surface area contributed by atoms with Gasteiger partial charge in [-0.05, 0) is 42.5 Å². The minimum atomic E-state index is -0.393. The summed E-state index contributed by atoms with van der Waals surface area (Å²) in [6.45, 7) is 0.364. The van der Waals surface area contributed by atoms with Gasteiger partial charge in [-0.2, -0.15) is 5.10 Å². The zero-order chi connectivity index (χ0) is 25.5. The number of thioether (sulfide) groups is 1. The molecule has 9 nitrogen and oxygen atoms in total. The van der Waals surface area contributed by atoms with Crippen LogP contribution in [0, 0.1) is 0 Å². The van der Waals surface area contributed by atoms with E-state index in [0.717, 1.165) is 17.4 Å². The predicted octanol–water partition coefficient (Wildman–Crippen LogP) is 4.84. The molecule has 1 heterocycles. The van der Waals surface area contributed by atoms with Crippen LogP contribution in [-0.2, 0) is 11.3 Å². The fourth-order valence-corrected chi connectivity index (χ4v) is 4.38. The van der Waals surface area contributed by atoms with Crippen molar-refractivity contribution in [2.75, 3.05) is 11.1 Å². The highest BCUT2D eigenvalue weighted by Crippen LogP contribution is 2.29. The number of halogens is 2. The van der Waals surface area contributed by atoms with Crippen molar-refractivity contribution in [1.29, 1.82) is 0 Å². The van der Waals surface area contributed by atoms with Gasteiger partial charge in [0.2, 0.25) is 0 Å². The van der Waals surface area contributed by atoms with Crippen LogP contribution in [0.3, 0.4) is 0 Å². The maximum atomic E-state index is 12.4. The molecule has 0 saturated carbocycles. The van der Waals surface area contributed by atoms with Crippen molar-refractivity contribution < 1.29 is 15.0 Å². The van der Waals surface area contributed by atoms with Crippen LogP contribution in [0.15, 0.2) is 77.0 Å². The van der Waals surface area contributed by atoms with Crippen molar-refractivity contribution >= 4 is 52.8 Å². The number of hydrazone groups is 1. The Balaban J connectivity index is 1.48.